The van der Waals surface area contributed by atoms with E-state index in [0.717, 1.165) is 10.6 Å². The molecule has 140 valence electrons. The summed E-state index contributed by atoms with van der Waals surface area (Å²) in [6.45, 7) is 0.00972. The van der Waals surface area contributed by atoms with Gasteiger partial charge in [-0.2, -0.15) is 0 Å². The van der Waals surface area contributed by atoms with Gasteiger partial charge in [0.05, 0.1) is 19.1 Å². The summed E-state index contributed by atoms with van der Waals surface area (Å²) in [7, 11) is -2.10. The fraction of sp³-hybridized carbons (Fsp3) is 0.278. The van der Waals surface area contributed by atoms with Crippen molar-refractivity contribution in [2.75, 3.05) is 29.5 Å². The van der Waals surface area contributed by atoms with Gasteiger partial charge in [0.1, 0.15) is 11.6 Å². The second-order valence-corrected chi connectivity index (χ2v) is 7.57. The minimum Gasteiger partial charge on any atom is -0.497 e. The average molecular weight is 380 g/mol. The van der Waals surface area contributed by atoms with Gasteiger partial charge in [0.2, 0.25) is 15.9 Å². The highest BCUT2D eigenvalue weighted by Crippen LogP contribution is 2.22. The SMILES string of the molecule is COc1ccc(NC(=O)CCCN(c2ccccc2F)S(C)(=O)=O)cc1. The number of rotatable bonds is 8. The van der Waals surface area contributed by atoms with E-state index in [2.05, 4.69) is 5.32 Å². The molecule has 0 atom stereocenters. The zero-order chi connectivity index (χ0) is 19.2. The summed E-state index contributed by atoms with van der Waals surface area (Å²) < 4.78 is 43.8. The highest BCUT2D eigenvalue weighted by molar-refractivity contribution is 7.92. The Morgan fingerprint density at radius 2 is 1.81 bits per heavy atom. The number of methoxy groups -OCH3 is 1. The van der Waals surface area contributed by atoms with Gasteiger partial charge in [0.15, 0.2) is 0 Å². The van der Waals surface area contributed by atoms with Crippen LogP contribution in [-0.2, 0) is 14.8 Å². The van der Waals surface area contributed by atoms with Gasteiger partial charge in [-0.15, -0.1) is 0 Å². The average Bonchev–Trinajstić information content (AvgIpc) is 2.59. The second-order valence-electron chi connectivity index (χ2n) is 5.67. The number of hydrogen-bond acceptors (Lipinski definition) is 4. The van der Waals surface area contributed by atoms with Crippen LogP contribution in [0.5, 0.6) is 5.75 Å². The molecule has 0 aliphatic carbocycles. The molecule has 2 rings (SSSR count). The molecule has 2 aromatic carbocycles. The van der Waals surface area contributed by atoms with Crippen LogP contribution in [0.4, 0.5) is 15.8 Å². The van der Waals surface area contributed by atoms with Gasteiger partial charge in [-0.3, -0.25) is 9.10 Å². The highest BCUT2D eigenvalue weighted by Gasteiger charge is 2.20. The molecule has 0 aliphatic heterocycles. The van der Waals surface area contributed by atoms with E-state index >= 15 is 0 Å². The summed E-state index contributed by atoms with van der Waals surface area (Å²) >= 11 is 0. The van der Waals surface area contributed by atoms with Crippen molar-refractivity contribution in [3.63, 3.8) is 0 Å². The Bertz CT molecular complexity index is 854. The van der Waals surface area contributed by atoms with Crippen molar-refractivity contribution in [3.8, 4) is 5.75 Å². The standard InChI is InChI=1S/C18H21FN2O4S/c1-25-15-11-9-14(10-12-15)20-18(22)8-5-13-21(26(2,23)24)17-7-4-3-6-16(17)19/h3-4,6-7,9-12H,5,8,13H2,1-2H3,(H,20,22). The summed E-state index contributed by atoms with van der Waals surface area (Å²) in [6, 6.07) is 12.5. The first-order valence-electron chi connectivity index (χ1n) is 7.97. The zero-order valence-corrected chi connectivity index (χ0v) is 15.4. The maximum atomic E-state index is 13.9. The Morgan fingerprint density at radius 3 is 2.38 bits per heavy atom. The monoisotopic (exact) mass is 380 g/mol. The summed E-state index contributed by atoms with van der Waals surface area (Å²) in [5, 5.41) is 2.72. The van der Waals surface area contributed by atoms with Crippen LogP contribution in [0, 0.1) is 5.82 Å². The number of hydrogen-bond donors (Lipinski definition) is 1. The Labute approximate surface area is 152 Å². The molecule has 0 saturated carbocycles. The first kappa shape index (κ1) is 19.7. The third-order valence-corrected chi connectivity index (χ3v) is 4.84. The first-order valence-corrected chi connectivity index (χ1v) is 9.82. The fourth-order valence-electron chi connectivity index (χ4n) is 2.40. The van der Waals surface area contributed by atoms with Crippen LogP contribution in [0.1, 0.15) is 12.8 Å². The lowest BCUT2D eigenvalue weighted by Gasteiger charge is -2.22. The van der Waals surface area contributed by atoms with Gasteiger partial charge in [0.25, 0.3) is 0 Å². The molecule has 1 amide bonds. The van der Waals surface area contributed by atoms with Crippen LogP contribution in [0.15, 0.2) is 48.5 Å². The summed E-state index contributed by atoms with van der Waals surface area (Å²) in [6.07, 6.45) is 1.37. The van der Waals surface area contributed by atoms with E-state index in [-0.39, 0.29) is 31.0 Å². The van der Waals surface area contributed by atoms with Crippen LogP contribution < -0.4 is 14.4 Å². The summed E-state index contributed by atoms with van der Waals surface area (Å²) in [5.41, 5.74) is 0.593. The molecule has 0 unspecified atom stereocenters. The maximum absolute atomic E-state index is 13.9. The number of carbonyl (C=O) groups excluding carboxylic acids is 1. The van der Waals surface area contributed by atoms with E-state index < -0.39 is 15.8 Å². The van der Waals surface area contributed by atoms with E-state index in [1.165, 1.54) is 18.2 Å². The molecule has 0 radical (unpaired) electrons. The lowest BCUT2D eigenvalue weighted by Crippen LogP contribution is -2.32. The highest BCUT2D eigenvalue weighted by atomic mass is 32.2. The third kappa shape index (κ3) is 5.45. The molecule has 0 aromatic heterocycles. The zero-order valence-electron chi connectivity index (χ0n) is 14.6. The molecule has 1 N–H and O–H groups in total. The lowest BCUT2D eigenvalue weighted by molar-refractivity contribution is -0.116. The summed E-state index contributed by atoms with van der Waals surface area (Å²) in [4.78, 5) is 12.0. The predicted molar refractivity (Wildman–Crippen MR) is 99.4 cm³/mol. The van der Waals surface area contributed by atoms with E-state index in [4.69, 9.17) is 4.74 Å². The number of carbonyl (C=O) groups is 1. The second kappa shape index (κ2) is 8.66. The van der Waals surface area contributed by atoms with Crippen LogP contribution in [0.2, 0.25) is 0 Å². The number of anilines is 2. The van der Waals surface area contributed by atoms with Gasteiger partial charge < -0.3 is 10.1 Å². The molecular weight excluding hydrogens is 359 g/mol. The molecule has 0 fully saturated rings. The van der Waals surface area contributed by atoms with E-state index in [1.54, 1.807) is 37.4 Å². The minimum atomic E-state index is -3.66. The van der Waals surface area contributed by atoms with Crippen molar-refractivity contribution in [2.24, 2.45) is 0 Å². The molecule has 8 heteroatoms. The number of sulfonamides is 1. The Balaban J connectivity index is 1.94. The van der Waals surface area contributed by atoms with Crippen molar-refractivity contribution in [1.29, 1.82) is 0 Å². The smallest absolute Gasteiger partial charge is 0.232 e. The van der Waals surface area contributed by atoms with Crippen LogP contribution in [-0.4, -0.2) is 34.2 Å². The molecule has 2 aromatic rings. The molecule has 26 heavy (non-hydrogen) atoms. The van der Waals surface area contributed by atoms with Gasteiger partial charge in [0, 0.05) is 18.7 Å². The van der Waals surface area contributed by atoms with Crippen molar-refractivity contribution in [2.45, 2.75) is 12.8 Å². The topological polar surface area (TPSA) is 75.7 Å². The van der Waals surface area contributed by atoms with Crippen molar-refractivity contribution >= 4 is 27.3 Å². The lowest BCUT2D eigenvalue weighted by atomic mass is 10.2. The minimum absolute atomic E-state index is 0.00972. The van der Waals surface area contributed by atoms with Crippen LogP contribution >= 0.6 is 0 Å². The maximum Gasteiger partial charge on any atom is 0.232 e. The van der Waals surface area contributed by atoms with E-state index in [1.807, 2.05) is 0 Å². The molecule has 0 bridgehead atoms. The molecule has 6 nitrogen and oxygen atoms in total. The summed E-state index contributed by atoms with van der Waals surface area (Å²) in [5.74, 6) is -0.200. The predicted octanol–water partition coefficient (Wildman–Crippen LogP) is 3.02. The van der Waals surface area contributed by atoms with Gasteiger partial charge in [-0.25, -0.2) is 12.8 Å². The van der Waals surface area contributed by atoms with Gasteiger partial charge in [-0.1, -0.05) is 12.1 Å². The Kier molecular flexibility index (Phi) is 6.57. The van der Waals surface area contributed by atoms with E-state index in [0.29, 0.717) is 11.4 Å². The molecular formula is C18H21FN2O4S. The number of ether oxygens (including phenoxy) is 1. The number of amides is 1. The Hall–Kier alpha value is -2.61. The first-order chi connectivity index (χ1) is 12.3. The van der Waals surface area contributed by atoms with Gasteiger partial charge >= 0.3 is 0 Å². The van der Waals surface area contributed by atoms with Crippen LogP contribution in [0.3, 0.4) is 0 Å². The van der Waals surface area contributed by atoms with Crippen LogP contribution in [0.25, 0.3) is 0 Å². The number of para-hydroxylation sites is 1. The normalized spacial score (nSPS) is 11.0. The molecule has 0 heterocycles. The number of halogens is 1. The van der Waals surface area contributed by atoms with Gasteiger partial charge in [-0.05, 0) is 42.8 Å². The molecule has 0 spiro atoms. The van der Waals surface area contributed by atoms with E-state index in [9.17, 15) is 17.6 Å². The third-order valence-electron chi connectivity index (χ3n) is 3.66. The number of nitrogens with one attached hydrogen (secondary N) is 1. The number of benzene rings is 2. The van der Waals surface area contributed by atoms with Crippen molar-refractivity contribution < 1.29 is 22.3 Å². The molecule has 0 saturated heterocycles. The molecule has 0 aliphatic rings. The fourth-order valence-corrected chi connectivity index (χ4v) is 3.37. The van der Waals surface area contributed by atoms with Crippen molar-refractivity contribution in [1.82, 2.24) is 0 Å². The Morgan fingerprint density at radius 1 is 1.15 bits per heavy atom. The van der Waals surface area contributed by atoms with Crippen molar-refractivity contribution in [3.05, 3.63) is 54.3 Å². The largest absolute Gasteiger partial charge is 0.497 e. The number of nitrogens with zero attached hydrogens (tertiary/aromatic N) is 1. The quantitative estimate of drug-likeness (QED) is 0.764.